The van der Waals surface area contributed by atoms with Gasteiger partial charge in [-0.2, -0.15) is 0 Å². The molecule has 0 aromatic heterocycles. The van der Waals surface area contributed by atoms with Gasteiger partial charge >= 0.3 is 6.09 Å². The lowest BCUT2D eigenvalue weighted by Crippen LogP contribution is -2.40. The highest BCUT2D eigenvalue weighted by molar-refractivity contribution is 6.36. The number of anilines is 1. The molecule has 1 atom stereocenters. The van der Waals surface area contributed by atoms with Gasteiger partial charge in [0.2, 0.25) is 5.91 Å². The number of amides is 2. The number of nitrogens with zero attached hydrogens (tertiary/aromatic N) is 1. The first-order valence-corrected chi connectivity index (χ1v) is 8.49. The van der Waals surface area contributed by atoms with Crippen LogP contribution in [0, 0.1) is 6.92 Å². The van der Waals surface area contributed by atoms with Crippen molar-refractivity contribution in [2.24, 2.45) is 0 Å². The molecule has 5 heteroatoms. The normalized spacial score (nSPS) is 16.8. The fraction of sp³-hybridized carbons (Fsp3) is 0.300. The molecule has 130 valence electrons. The summed E-state index contributed by atoms with van der Waals surface area (Å²) in [6.45, 7) is 7.23. The fourth-order valence-corrected chi connectivity index (χ4v) is 3.34. The highest BCUT2D eigenvalue weighted by Gasteiger charge is 2.44. The number of hydrogen-bond donors (Lipinski definition) is 0. The predicted octanol–water partition coefficient (Wildman–Crippen LogP) is 5.06. The van der Waals surface area contributed by atoms with E-state index < -0.39 is 17.6 Å². The molecule has 0 aliphatic carbocycles. The number of rotatable bonds is 1. The monoisotopic (exact) mass is 357 g/mol. The molecule has 0 bridgehead atoms. The van der Waals surface area contributed by atoms with Crippen LogP contribution in [-0.4, -0.2) is 17.6 Å². The number of hydrogen-bond acceptors (Lipinski definition) is 3. The second kappa shape index (κ2) is 6.19. The van der Waals surface area contributed by atoms with E-state index in [1.54, 1.807) is 32.9 Å². The maximum absolute atomic E-state index is 13.2. The van der Waals surface area contributed by atoms with Crippen LogP contribution in [0.15, 0.2) is 42.5 Å². The Bertz CT molecular complexity index is 854. The van der Waals surface area contributed by atoms with Crippen LogP contribution in [0.1, 0.15) is 43.4 Å². The van der Waals surface area contributed by atoms with Crippen molar-refractivity contribution in [3.05, 3.63) is 64.2 Å². The van der Waals surface area contributed by atoms with Crippen LogP contribution >= 0.6 is 11.6 Å². The summed E-state index contributed by atoms with van der Waals surface area (Å²) in [6.07, 6.45) is -0.706. The molecule has 3 rings (SSSR count). The van der Waals surface area contributed by atoms with E-state index in [-0.39, 0.29) is 5.91 Å². The molecule has 0 saturated heterocycles. The van der Waals surface area contributed by atoms with Gasteiger partial charge in [0.15, 0.2) is 0 Å². The summed E-state index contributed by atoms with van der Waals surface area (Å²) >= 11 is 6.34. The lowest BCUT2D eigenvalue weighted by Gasteiger charge is -2.24. The summed E-state index contributed by atoms with van der Waals surface area (Å²) in [7, 11) is 0. The largest absolute Gasteiger partial charge is 0.443 e. The lowest BCUT2D eigenvalue weighted by molar-refractivity contribution is -0.118. The van der Waals surface area contributed by atoms with Gasteiger partial charge in [-0.3, -0.25) is 4.79 Å². The molecule has 1 aliphatic rings. The average molecular weight is 358 g/mol. The van der Waals surface area contributed by atoms with E-state index >= 15 is 0 Å². The van der Waals surface area contributed by atoms with Crippen LogP contribution in [0.3, 0.4) is 0 Å². The summed E-state index contributed by atoms with van der Waals surface area (Å²) in [4.78, 5) is 26.9. The van der Waals surface area contributed by atoms with Crippen molar-refractivity contribution in [1.82, 2.24) is 0 Å². The van der Waals surface area contributed by atoms with E-state index in [9.17, 15) is 9.59 Å². The van der Waals surface area contributed by atoms with E-state index in [4.69, 9.17) is 16.3 Å². The zero-order valence-corrected chi connectivity index (χ0v) is 15.4. The zero-order chi connectivity index (χ0) is 18.4. The van der Waals surface area contributed by atoms with Crippen LogP contribution in [-0.2, 0) is 9.53 Å². The Morgan fingerprint density at radius 1 is 1.08 bits per heavy atom. The zero-order valence-electron chi connectivity index (χ0n) is 14.7. The first-order valence-electron chi connectivity index (χ1n) is 8.11. The Balaban J connectivity index is 2.14. The minimum Gasteiger partial charge on any atom is -0.443 e. The molecule has 1 heterocycles. The second-order valence-corrected chi connectivity index (χ2v) is 7.53. The maximum atomic E-state index is 13.2. The summed E-state index contributed by atoms with van der Waals surface area (Å²) in [5.74, 6) is -0.908. The Labute approximate surface area is 152 Å². The molecular weight excluding hydrogens is 338 g/mol. The lowest BCUT2D eigenvalue weighted by atomic mass is 9.90. The molecule has 0 radical (unpaired) electrons. The van der Waals surface area contributed by atoms with E-state index in [2.05, 4.69) is 0 Å². The van der Waals surface area contributed by atoms with E-state index in [1.165, 1.54) is 0 Å². The predicted molar refractivity (Wildman–Crippen MR) is 98.2 cm³/mol. The Hall–Kier alpha value is -2.33. The van der Waals surface area contributed by atoms with Crippen molar-refractivity contribution >= 4 is 29.3 Å². The molecule has 2 aromatic rings. The summed E-state index contributed by atoms with van der Waals surface area (Å²) in [5.41, 5.74) is 2.27. The number of ether oxygens (including phenoxy) is 1. The van der Waals surface area contributed by atoms with Crippen LogP contribution < -0.4 is 4.90 Å². The van der Waals surface area contributed by atoms with Crippen LogP contribution in [0.2, 0.25) is 5.02 Å². The quantitative estimate of drug-likeness (QED) is 0.716. The molecule has 2 amide bonds. The van der Waals surface area contributed by atoms with Gasteiger partial charge < -0.3 is 4.74 Å². The Morgan fingerprint density at radius 2 is 1.72 bits per heavy atom. The number of aryl methyl sites for hydroxylation is 1. The topological polar surface area (TPSA) is 46.6 Å². The third-order valence-electron chi connectivity index (χ3n) is 4.10. The fourth-order valence-electron chi connectivity index (χ4n) is 3.07. The van der Waals surface area contributed by atoms with Crippen molar-refractivity contribution < 1.29 is 14.3 Å². The third-order valence-corrected chi connectivity index (χ3v) is 4.40. The molecular formula is C20H20ClNO3. The number of benzene rings is 2. The SMILES string of the molecule is Cc1ccccc1C1C(=O)N(C(=O)OC(C)(C)C)c2c(Cl)cccc21. The van der Waals surface area contributed by atoms with Gasteiger partial charge in [0.25, 0.3) is 0 Å². The average Bonchev–Trinajstić information content (AvgIpc) is 2.80. The molecule has 4 nitrogen and oxygen atoms in total. The van der Waals surface area contributed by atoms with Crippen molar-refractivity contribution in [3.63, 3.8) is 0 Å². The Kier molecular flexibility index (Phi) is 4.33. The van der Waals surface area contributed by atoms with E-state index in [1.807, 2.05) is 37.3 Å². The number of fused-ring (bicyclic) bond motifs is 1. The number of carbonyl (C=O) groups excluding carboxylic acids is 2. The van der Waals surface area contributed by atoms with Gasteiger partial charge in [0, 0.05) is 0 Å². The van der Waals surface area contributed by atoms with Gasteiger partial charge in [0.05, 0.1) is 16.6 Å². The minimum atomic E-state index is -0.709. The number of imide groups is 1. The first-order chi connectivity index (χ1) is 11.7. The van der Waals surface area contributed by atoms with Crippen LogP contribution in [0.5, 0.6) is 0 Å². The number of para-hydroxylation sites is 1. The maximum Gasteiger partial charge on any atom is 0.421 e. The van der Waals surface area contributed by atoms with Gasteiger partial charge in [-0.15, -0.1) is 0 Å². The van der Waals surface area contributed by atoms with Gasteiger partial charge in [-0.05, 0) is 50.5 Å². The van der Waals surface area contributed by atoms with E-state index in [0.717, 1.165) is 21.6 Å². The number of halogens is 1. The standard InChI is InChI=1S/C20H20ClNO3/c1-12-8-5-6-9-13(12)16-14-10-7-11-15(21)17(14)22(18(16)23)19(24)25-20(2,3)4/h5-11,16H,1-4H3. The van der Waals surface area contributed by atoms with Gasteiger partial charge in [-0.1, -0.05) is 48.0 Å². The van der Waals surface area contributed by atoms with Crippen LogP contribution in [0.25, 0.3) is 0 Å². The second-order valence-electron chi connectivity index (χ2n) is 7.12. The molecule has 0 N–H and O–H groups in total. The summed E-state index contributed by atoms with van der Waals surface area (Å²) in [5, 5.41) is 0.354. The van der Waals surface area contributed by atoms with E-state index in [0.29, 0.717) is 10.7 Å². The first kappa shape index (κ1) is 17.5. The molecule has 0 saturated carbocycles. The smallest absolute Gasteiger partial charge is 0.421 e. The Morgan fingerprint density at radius 3 is 2.36 bits per heavy atom. The molecule has 1 aliphatic heterocycles. The molecule has 0 fully saturated rings. The van der Waals surface area contributed by atoms with Crippen molar-refractivity contribution in [1.29, 1.82) is 0 Å². The van der Waals surface area contributed by atoms with Crippen molar-refractivity contribution in [2.45, 2.75) is 39.2 Å². The highest BCUT2D eigenvalue weighted by Crippen LogP contribution is 2.46. The number of carbonyl (C=O) groups is 2. The minimum absolute atomic E-state index is 0.341. The summed E-state index contributed by atoms with van der Waals surface area (Å²) < 4.78 is 5.43. The highest BCUT2D eigenvalue weighted by atomic mass is 35.5. The van der Waals surface area contributed by atoms with Crippen molar-refractivity contribution in [2.75, 3.05) is 4.90 Å². The molecule has 0 spiro atoms. The molecule has 2 aromatic carbocycles. The molecule has 25 heavy (non-hydrogen) atoms. The van der Waals surface area contributed by atoms with Crippen LogP contribution in [0.4, 0.5) is 10.5 Å². The van der Waals surface area contributed by atoms with Crippen molar-refractivity contribution in [3.8, 4) is 0 Å². The molecule has 1 unspecified atom stereocenters. The summed E-state index contributed by atoms with van der Waals surface area (Å²) in [6, 6.07) is 13.0. The van der Waals surface area contributed by atoms with Gasteiger partial charge in [-0.25, -0.2) is 9.69 Å². The van der Waals surface area contributed by atoms with Gasteiger partial charge in [0.1, 0.15) is 5.60 Å². The third kappa shape index (κ3) is 3.14.